The minimum Gasteiger partial charge on any atom is -0.445 e. The van der Waals surface area contributed by atoms with Crippen molar-refractivity contribution in [1.82, 2.24) is 15.3 Å². The minimum atomic E-state index is -0.872. The van der Waals surface area contributed by atoms with E-state index in [1.807, 2.05) is 66.9 Å². The van der Waals surface area contributed by atoms with Crippen LogP contribution in [0.3, 0.4) is 0 Å². The first-order chi connectivity index (χ1) is 18.2. The van der Waals surface area contributed by atoms with Crippen molar-refractivity contribution in [2.24, 2.45) is 0 Å². The molecule has 1 unspecified atom stereocenters. The number of anilines is 2. The Bertz CT molecular complexity index is 1330. The molecule has 1 fully saturated rings. The van der Waals surface area contributed by atoms with Gasteiger partial charge >= 0.3 is 6.09 Å². The van der Waals surface area contributed by atoms with Crippen molar-refractivity contribution in [2.75, 3.05) is 36.5 Å². The second-order valence-corrected chi connectivity index (χ2v) is 8.81. The molecular formula is C28H29N5O4. The number of nitrogens with one attached hydrogen (secondary N) is 3. The number of morpholine rings is 1. The van der Waals surface area contributed by atoms with Crippen molar-refractivity contribution in [1.29, 1.82) is 0 Å². The Balaban J connectivity index is 1.28. The lowest BCUT2D eigenvalue weighted by molar-refractivity contribution is -0.118. The van der Waals surface area contributed by atoms with Gasteiger partial charge in [-0.15, -0.1) is 0 Å². The molecule has 9 nitrogen and oxygen atoms in total. The number of alkyl carbamates (subject to hydrolysis) is 1. The molecule has 2 amide bonds. The zero-order chi connectivity index (χ0) is 25.5. The van der Waals surface area contributed by atoms with Gasteiger partial charge < -0.3 is 30.0 Å². The van der Waals surface area contributed by atoms with Crippen molar-refractivity contribution in [2.45, 2.75) is 19.1 Å². The normalized spacial score (nSPS) is 14.2. The number of carbonyl (C=O) groups is 2. The summed E-state index contributed by atoms with van der Waals surface area (Å²) in [4.78, 5) is 35.8. The monoisotopic (exact) mass is 499 g/mol. The van der Waals surface area contributed by atoms with E-state index >= 15 is 0 Å². The standard InChI is InChI=1S/C28H29N5O4/c34-27(32-26-11-10-22(18-30-26)33-12-14-36-15-13-33)25(16-21-17-29-24-9-5-4-8-23(21)24)31-28(35)37-19-20-6-2-1-3-7-20/h1-11,17-18,25,29H,12-16,19H2,(H,31,35)(H,30,32,34). The molecule has 1 aliphatic heterocycles. The Morgan fingerprint density at radius 3 is 2.59 bits per heavy atom. The lowest BCUT2D eigenvalue weighted by atomic mass is 10.0. The molecule has 37 heavy (non-hydrogen) atoms. The summed E-state index contributed by atoms with van der Waals surface area (Å²) in [5.74, 6) is 0.0268. The number of pyridine rings is 1. The van der Waals surface area contributed by atoms with E-state index in [1.54, 1.807) is 12.3 Å². The number of hydrogen-bond donors (Lipinski definition) is 3. The second-order valence-electron chi connectivity index (χ2n) is 8.81. The van der Waals surface area contributed by atoms with Crippen LogP contribution in [-0.2, 0) is 27.3 Å². The van der Waals surface area contributed by atoms with Crippen LogP contribution in [0.5, 0.6) is 0 Å². The number of hydrogen-bond acceptors (Lipinski definition) is 6. The Labute approximate surface area is 214 Å². The van der Waals surface area contributed by atoms with Crippen molar-refractivity contribution in [3.05, 3.63) is 90.3 Å². The summed E-state index contributed by atoms with van der Waals surface area (Å²) in [6.45, 7) is 3.07. The smallest absolute Gasteiger partial charge is 0.408 e. The van der Waals surface area contributed by atoms with E-state index in [0.29, 0.717) is 19.0 Å². The fourth-order valence-corrected chi connectivity index (χ4v) is 4.32. The highest BCUT2D eigenvalue weighted by molar-refractivity contribution is 5.96. The number of fused-ring (bicyclic) bond motifs is 1. The molecule has 4 aromatic rings. The molecule has 1 aliphatic rings. The van der Waals surface area contributed by atoms with Crippen LogP contribution in [0.25, 0.3) is 10.9 Å². The summed E-state index contributed by atoms with van der Waals surface area (Å²) in [6.07, 6.45) is 3.20. The molecule has 0 saturated carbocycles. The molecule has 5 rings (SSSR count). The van der Waals surface area contributed by atoms with E-state index in [4.69, 9.17) is 9.47 Å². The van der Waals surface area contributed by atoms with E-state index in [0.717, 1.165) is 40.8 Å². The van der Waals surface area contributed by atoms with E-state index in [1.165, 1.54) is 0 Å². The number of para-hydroxylation sites is 1. The topological polar surface area (TPSA) is 109 Å². The van der Waals surface area contributed by atoms with Crippen LogP contribution in [0.15, 0.2) is 79.1 Å². The fraction of sp³-hybridized carbons (Fsp3) is 0.250. The molecular weight excluding hydrogens is 470 g/mol. The van der Waals surface area contributed by atoms with Gasteiger partial charge in [-0.05, 0) is 29.3 Å². The van der Waals surface area contributed by atoms with Crippen molar-refractivity contribution in [3.63, 3.8) is 0 Å². The molecule has 1 atom stereocenters. The summed E-state index contributed by atoms with van der Waals surface area (Å²) in [5.41, 5.74) is 3.71. The van der Waals surface area contributed by atoms with Gasteiger partial charge in [0.25, 0.3) is 0 Å². The van der Waals surface area contributed by atoms with Gasteiger partial charge in [-0.3, -0.25) is 4.79 Å². The maximum Gasteiger partial charge on any atom is 0.408 e. The van der Waals surface area contributed by atoms with Gasteiger partial charge in [0.2, 0.25) is 5.91 Å². The summed E-state index contributed by atoms with van der Waals surface area (Å²) >= 11 is 0. The first-order valence-electron chi connectivity index (χ1n) is 12.3. The van der Waals surface area contributed by atoms with Gasteiger partial charge in [0.05, 0.1) is 25.1 Å². The van der Waals surface area contributed by atoms with Gasteiger partial charge in [0, 0.05) is 36.6 Å². The third kappa shape index (κ3) is 6.25. The SMILES string of the molecule is O=C(NC(Cc1c[nH]c2ccccc12)C(=O)Nc1ccc(N2CCOCC2)cn1)OCc1ccccc1. The molecule has 9 heteroatoms. The van der Waals surface area contributed by atoms with Gasteiger partial charge in [-0.25, -0.2) is 9.78 Å². The Kier molecular flexibility index (Phi) is 7.61. The molecule has 3 heterocycles. The fourth-order valence-electron chi connectivity index (χ4n) is 4.32. The van der Waals surface area contributed by atoms with Crippen LogP contribution in [-0.4, -0.2) is 54.3 Å². The van der Waals surface area contributed by atoms with Gasteiger partial charge in [0.15, 0.2) is 0 Å². The van der Waals surface area contributed by atoms with Crippen LogP contribution in [0, 0.1) is 0 Å². The number of rotatable bonds is 8. The average molecular weight is 500 g/mol. The largest absolute Gasteiger partial charge is 0.445 e. The summed E-state index contributed by atoms with van der Waals surface area (Å²) in [7, 11) is 0. The van der Waals surface area contributed by atoms with Gasteiger partial charge in [0.1, 0.15) is 18.5 Å². The number of amides is 2. The van der Waals surface area contributed by atoms with E-state index < -0.39 is 12.1 Å². The Morgan fingerprint density at radius 2 is 1.81 bits per heavy atom. The zero-order valence-corrected chi connectivity index (χ0v) is 20.4. The maximum atomic E-state index is 13.3. The first-order valence-corrected chi connectivity index (χ1v) is 12.3. The van der Waals surface area contributed by atoms with Crippen LogP contribution in [0.4, 0.5) is 16.3 Å². The highest BCUT2D eigenvalue weighted by atomic mass is 16.5. The second kappa shape index (κ2) is 11.6. The van der Waals surface area contributed by atoms with Gasteiger partial charge in [-0.1, -0.05) is 48.5 Å². The molecule has 0 bridgehead atoms. The van der Waals surface area contributed by atoms with Gasteiger partial charge in [-0.2, -0.15) is 0 Å². The molecule has 1 saturated heterocycles. The Morgan fingerprint density at radius 1 is 1.03 bits per heavy atom. The number of aromatic nitrogens is 2. The summed E-state index contributed by atoms with van der Waals surface area (Å²) < 4.78 is 10.8. The van der Waals surface area contributed by atoms with E-state index in [2.05, 4.69) is 25.5 Å². The molecule has 2 aromatic carbocycles. The molecule has 2 aromatic heterocycles. The van der Waals surface area contributed by atoms with Crippen molar-refractivity contribution in [3.8, 4) is 0 Å². The number of nitrogens with zero attached hydrogens (tertiary/aromatic N) is 2. The maximum absolute atomic E-state index is 13.3. The first kappa shape index (κ1) is 24.3. The Hall–Kier alpha value is -4.37. The highest BCUT2D eigenvalue weighted by Crippen LogP contribution is 2.20. The lowest BCUT2D eigenvalue weighted by Gasteiger charge is -2.28. The number of H-pyrrole nitrogens is 1. The quantitative estimate of drug-likeness (QED) is 0.340. The molecule has 3 N–H and O–H groups in total. The van der Waals surface area contributed by atoms with Crippen molar-refractivity contribution >= 4 is 34.4 Å². The predicted octanol–water partition coefficient (Wildman–Crippen LogP) is 3.88. The van der Waals surface area contributed by atoms with Crippen molar-refractivity contribution < 1.29 is 19.1 Å². The third-order valence-electron chi connectivity index (χ3n) is 6.30. The lowest BCUT2D eigenvalue weighted by Crippen LogP contribution is -2.45. The highest BCUT2D eigenvalue weighted by Gasteiger charge is 2.24. The van der Waals surface area contributed by atoms with Crippen LogP contribution < -0.4 is 15.5 Å². The number of carbonyl (C=O) groups excluding carboxylic acids is 2. The van der Waals surface area contributed by atoms with Crippen LogP contribution in [0.2, 0.25) is 0 Å². The average Bonchev–Trinajstić information content (AvgIpc) is 3.36. The summed E-state index contributed by atoms with van der Waals surface area (Å²) in [6, 6.07) is 20.0. The molecule has 0 spiro atoms. The molecule has 190 valence electrons. The number of aromatic amines is 1. The van der Waals surface area contributed by atoms with Crippen LogP contribution >= 0.6 is 0 Å². The minimum absolute atomic E-state index is 0.110. The van der Waals surface area contributed by atoms with E-state index in [9.17, 15) is 9.59 Å². The molecule has 0 radical (unpaired) electrons. The molecule has 0 aliphatic carbocycles. The number of ether oxygens (including phenoxy) is 2. The predicted molar refractivity (Wildman–Crippen MR) is 141 cm³/mol. The third-order valence-corrected chi connectivity index (χ3v) is 6.30. The van der Waals surface area contributed by atoms with E-state index in [-0.39, 0.29) is 18.9 Å². The summed E-state index contributed by atoms with van der Waals surface area (Å²) in [5, 5.41) is 6.57. The zero-order valence-electron chi connectivity index (χ0n) is 20.4. The van der Waals surface area contributed by atoms with Crippen LogP contribution in [0.1, 0.15) is 11.1 Å². The number of benzene rings is 2.